The second-order valence-electron chi connectivity index (χ2n) is 5.05. The maximum absolute atomic E-state index is 12.5. The van der Waals surface area contributed by atoms with Gasteiger partial charge in [-0.05, 0) is 33.0 Å². The molecule has 1 aliphatic heterocycles. The molecular formula is C12H21N3O2S2. The van der Waals surface area contributed by atoms with Gasteiger partial charge in [0, 0.05) is 35.9 Å². The van der Waals surface area contributed by atoms with Crippen LogP contribution in [-0.2, 0) is 16.6 Å². The maximum Gasteiger partial charge on any atom is 0.243 e. The summed E-state index contributed by atoms with van der Waals surface area (Å²) in [5.74, 6) is 0. The Balaban J connectivity index is 2.09. The Morgan fingerprint density at radius 3 is 2.53 bits per heavy atom. The van der Waals surface area contributed by atoms with Crippen LogP contribution >= 0.6 is 11.3 Å². The molecule has 0 aromatic carbocycles. The number of hydrogen-bond acceptors (Lipinski definition) is 5. The average Bonchev–Trinajstić information content (AvgIpc) is 2.88. The van der Waals surface area contributed by atoms with Gasteiger partial charge in [-0.25, -0.2) is 8.42 Å². The number of hydrogen-bond donors (Lipinski definition) is 1. The molecule has 0 amide bonds. The zero-order chi connectivity index (χ0) is 14.0. The molecule has 1 saturated heterocycles. The molecule has 7 heteroatoms. The Labute approximate surface area is 119 Å². The monoisotopic (exact) mass is 303 g/mol. The van der Waals surface area contributed by atoms with Crippen LogP contribution in [0.3, 0.4) is 0 Å². The molecule has 108 valence electrons. The van der Waals surface area contributed by atoms with E-state index in [4.69, 9.17) is 5.73 Å². The first-order valence-corrected chi connectivity index (χ1v) is 8.71. The Morgan fingerprint density at radius 1 is 1.42 bits per heavy atom. The van der Waals surface area contributed by atoms with E-state index in [0.29, 0.717) is 30.6 Å². The van der Waals surface area contributed by atoms with Gasteiger partial charge in [0.2, 0.25) is 10.0 Å². The van der Waals surface area contributed by atoms with Gasteiger partial charge in [0.25, 0.3) is 0 Å². The van der Waals surface area contributed by atoms with E-state index in [2.05, 4.69) is 4.90 Å². The van der Waals surface area contributed by atoms with E-state index in [1.165, 1.54) is 11.3 Å². The number of thiophene rings is 1. The first-order valence-electron chi connectivity index (χ1n) is 6.39. The van der Waals surface area contributed by atoms with Crippen molar-refractivity contribution in [3.8, 4) is 0 Å². The van der Waals surface area contributed by atoms with Crippen LogP contribution in [0.15, 0.2) is 16.3 Å². The maximum atomic E-state index is 12.5. The smallest absolute Gasteiger partial charge is 0.243 e. The molecule has 0 unspecified atom stereocenters. The van der Waals surface area contributed by atoms with Gasteiger partial charge < -0.3 is 10.6 Å². The summed E-state index contributed by atoms with van der Waals surface area (Å²) in [6.45, 7) is 1.58. The van der Waals surface area contributed by atoms with E-state index in [1.807, 2.05) is 14.1 Å². The molecule has 1 aliphatic rings. The SMILES string of the molecule is CN(C)C1CCN(S(=O)(=O)c2csc(CN)c2)CC1. The minimum atomic E-state index is -3.33. The van der Waals surface area contributed by atoms with Gasteiger partial charge in [-0.2, -0.15) is 4.31 Å². The van der Waals surface area contributed by atoms with Crippen LogP contribution in [-0.4, -0.2) is 50.8 Å². The van der Waals surface area contributed by atoms with E-state index >= 15 is 0 Å². The second-order valence-corrected chi connectivity index (χ2v) is 7.99. The summed E-state index contributed by atoms with van der Waals surface area (Å²) >= 11 is 1.41. The fourth-order valence-electron chi connectivity index (χ4n) is 2.35. The van der Waals surface area contributed by atoms with Gasteiger partial charge in [-0.15, -0.1) is 11.3 Å². The minimum Gasteiger partial charge on any atom is -0.326 e. The molecular weight excluding hydrogens is 282 g/mol. The Morgan fingerprint density at radius 2 is 2.05 bits per heavy atom. The standard InChI is InChI=1S/C12H21N3O2S2/c1-14(2)10-3-5-15(6-4-10)19(16,17)12-7-11(8-13)18-9-12/h7,9-10H,3-6,8,13H2,1-2H3. The summed E-state index contributed by atoms with van der Waals surface area (Å²) in [5, 5.41) is 1.69. The summed E-state index contributed by atoms with van der Waals surface area (Å²) < 4.78 is 26.5. The van der Waals surface area contributed by atoms with Gasteiger partial charge in [-0.1, -0.05) is 0 Å². The molecule has 2 rings (SSSR count). The molecule has 0 aliphatic carbocycles. The lowest BCUT2D eigenvalue weighted by atomic mass is 10.1. The molecule has 2 N–H and O–H groups in total. The van der Waals surface area contributed by atoms with Gasteiger partial charge in [-0.3, -0.25) is 0 Å². The molecule has 2 heterocycles. The molecule has 1 aromatic heterocycles. The fraction of sp³-hybridized carbons (Fsp3) is 0.667. The zero-order valence-corrected chi connectivity index (χ0v) is 13.0. The van der Waals surface area contributed by atoms with E-state index in [0.717, 1.165) is 17.7 Å². The molecule has 19 heavy (non-hydrogen) atoms. The van der Waals surface area contributed by atoms with Crippen molar-refractivity contribution in [1.29, 1.82) is 0 Å². The third kappa shape index (κ3) is 3.17. The van der Waals surface area contributed by atoms with Crippen molar-refractivity contribution in [2.45, 2.75) is 30.3 Å². The highest BCUT2D eigenvalue weighted by Crippen LogP contribution is 2.25. The van der Waals surface area contributed by atoms with Gasteiger partial charge >= 0.3 is 0 Å². The van der Waals surface area contributed by atoms with Crippen LogP contribution in [0.25, 0.3) is 0 Å². The number of nitrogens with zero attached hydrogens (tertiary/aromatic N) is 2. The number of rotatable bonds is 4. The third-order valence-corrected chi connectivity index (χ3v) is 6.61. The zero-order valence-electron chi connectivity index (χ0n) is 11.4. The van der Waals surface area contributed by atoms with Crippen molar-refractivity contribution in [3.63, 3.8) is 0 Å². The summed E-state index contributed by atoms with van der Waals surface area (Å²) in [7, 11) is 0.755. The van der Waals surface area contributed by atoms with Crippen molar-refractivity contribution in [3.05, 3.63) is 16.3 Å². The minimum absolute atomic E-state index is 0.390. The Hall–Kier alpha value is -0.470. The van der Waals surface area contributed by atoms with Crippen LogP contribution in [0.2, 0.25) is 0 Å². The molecule has 0 spiro atoms. The van der Waals surface area contributed by atoms with Crippen molar-refractivity contribution in [2.75, 3.05) is 27.2 Å². The highest BCUT2D eigenvalue weighted by molar-refractivity contribution is 7.89. The molecule has 1 fully saturated rings. The van der Waals surface area contributed by atoms with Crippen LogP contribution < -0.4 is 5.73 Å². The van der Waals surface area contributed by atoms with E-state index in [9.17, 15) is 8.42 Å². The van der Waals surface area contributed by atoms with Crippen LogP contribution in [0.5, 0.6) is 0 Å². The highest BCUT2D eigenvalue weighted by Gasteiger charge is 2.30. The van der Waals surface area contributed by atoms with Crippen molar-refractivity contribution >= 4 is 21.4 Å². The molecule has 0 saturated carbocycles. The van der Waals surface area contributed by atoms with E-state index in [1.54, 1.807) is 15.8 Å². The van der Waals surface area contributed by atoms with E-state index < -0.39 is 10.0 Å². The number of nitrogens with two attached hydrogens (primary N) is 1. The average molecular weight is 303 g/mol. The predicted molar refractivity (Wildman–Crippen MR) is 77.7 cm³/mol. The highest BCUT2D eigenvalue weighted by atomic mass is 32.2. The molecule has 0 bridgehead atoms. The van der Waals surface area contributed by atoms with Crippen molar-refractivity contribution in [2.24, 2.45) is 5.73 Å². The summed E-state index contributed by atoms with van der Waals surface area (Å²) in [6, 6.07) is 2.17. The normalized spacial score (nSPS) is 19.2. The van der Waals surface area contributed by atoms with Crippen LogP contribution in [0, 0.1) is 0 Å². The van der Waals surface area contributed by atoms with Gasteiger partial charge in [0.1, 0.15) is 0 Å². The van der Waals surface area contributed by atoms with Crippen molar-refractivity contribution < 1.29 is 8.42 Å². The molecule has 0 radical (unpaired) electrons. The van der Waals surface area contributed by atoms with Gasteiger partial charge in [0.05, 0.1) is 4.90 Å². The lowest BCUT2D eigenvalue weighted by Crippen LogP contribution is -2.44. The lowest BCUT2D eigenvalue weighted by molar-refractivity contribution is 0.196. The quantitative estimate of drug-likeness (QED) is 0.898. The summed E-state index contributed by atoms with van der Waals surface area (Å²) in [5.41, 5.74) is 5.53. The molecule has 5 nitrogen and oxygen atoms in total. The largest absolute Gasteiger partial charge is 0.326 e. The number of piperidine rings is 1. The second kappa shape index (κ2) is 5.88. The van der Waals surface area contributed by atoms with Crippen LogP contribution in [0.4, 0.5) is 0 Å². The summed E-state index contributed by atoms with van der Waals surface area (Å²) in [4.78, 5) is 3.46. The fourth-order valence-corrected chi connectivity index (χ4v) is 4.96. The van der Waals surface area contributed by atoms with Crippen LogP contribution in [0.1, 0.15) is 17.7 Å². The first-order chi connectivity index (χ1) is 8.95. The number of sulfonamides is 1. The van der Waals surface area contributed by atoms with Gasteiger partial charge in [0.15, 0.2) is 0 Å². The Kier molecular flexibility index (Phi) is 4.62. The van der Waals surface area contributed by atoms with E-state index in [-0.39, 0.29) is 0 Å². The first kappa shape index (κ1) is 14.9. The molecule has 1 aromatic rings. The summed E-state index contributed by atoms with van der Waals surface area (Å²) in [6.07, 6.45) is 1.78. The van der Waals surface area contributed by atoms with Crippen molar-refractivity contribution in [1.82, 2.24) is 9.21 Å². The lowest BCUT2D eigenvalue weighted by Gasteiger charge is -2.34. The topological polar surface area (TPSA) is 66.6 Å². The molecule has 0 atom stereocenters. The predicted octanol–water partition coefficient (Wildman–Crippen LogP) is 0.921. The Bertz CT molecular complexity index is 517. The third-order valence-electron chi connectivity index (χ3n) is 3.62.